The molecule has 0 N–H and O–H groups in total. The van der Waals surface area contributed by atoms with E-state index in [0.717, 1.165) is 21.5 Å². The van der Waals surface area contributed by atoms with Gasteiger partial charge in [0.15, 0.2) is 5.78 Å². The predicted molar refractivity (Wildman–Crippen MR) is 100 cm³/mol. The number of benzene rings is 2. The molecule has 0 spiro atoms. The molecule has 3 rings (SSSR count). The Kier molecular flexibility index (Phi) is 4.76. The second kappa shape index (κ2) is 6.97. The van der Waals surface area contributed by atoms with Gasteiger partial charge in [-0.1, -0.05) is 22.0 Å². The first-order valence-corrected chi connectivity index (χ1v) is 8.33. The molecular weight excluding hydrogens is 366 g/mol. The first-order chi connectivity index (χ1) is 11.5. The number of aliphatic imine (C=N–C) groups is 1. The Labute approximate surface area is 149 Å². The number of aryl methyl sites for hydroxylation is 1. The molecule has 24 heavy (non-hydrogen) atoms. The zero-order valence-corrected chi connectivity index (χ0v) is 15.0. The number of Topliss-reactive ketones (excluding diaryl/α,β-unsaturated/α-hetero) is 1. The number of rotatable bonds is 4. The summed E-state index contributed by atoms with van der Waals surface area (Å²) in [6, 6.07) is 17.1. The highest BCUT2D eigenvalue weighted by Gasteiger charge is 2.07. The monoisotopic (exact) mass is 381 g/mol. The molecule has 1 aromatic heterocycles. The zero-order valence-electron chi connectivity index (χ0n) is 13.4. The van der Waals surface area contributed by atoms with Crippen molar-refractivity contribution in [2.75, 3.05) is 0 Å². The maximum Gasteiger partial charge on any atom is 0.159 e. The van der Waals surface area contributed by atoms with E-state index in [2.05, 4.69) is 27.0 Å². The summed E-state index contributed by atoms with van der Waals surface area (Å²) in [6.45, 7) is 3.60. The summed E-state index contributed by atoms with van der Waals surface area (Å²) in [5, 5.41) is 0. The van der Waals surface area contributed by atoms with Crippen LogP contribution in [0.4, 0.5) is 5.69 Å². The molecule has 0 bridgehead atoms. The van der Waals surface area contributed by atoms with Gasteiger partial charge in [0, 0.05) is 15.6 Å². The fourth-order valence-electron chi connectivity index (χ4n) is 2.31. The van der Waals surface area contributed by atoms with Crippen molar-refractivity contribution in [1.82, 2.24) is 0 Å². The van der Waals surface area contributed by atoms with E-state index in [4.69, 9.17) is 4.42 Å². The van der Waals surface area contributed by atoms with Crippen LogP contribution in [0.25, 0.3) is 11.3 Å². The minimum atomic E-state index is 0.0462. The van der Waals surface area contributed by atoms with E-state index in [1.54, 1.807) is 25.3 Å². The molecule has 0 fully saturated rings. The molecule has 3 nitrogen and oxygen atoms in total. The van der Waals surface area contributed by atoms with Crippen LogP contribution in [-0.4, -0.2) is 12.0 Å². The lowest BCUT2D eigenvalue weighted by Gasteiger charge is -2.02. The van der Waals surface area contributed by atoms with Crippen LogP contribution < -0.4 is 0 Å². The van der Waals surface area contributed by atoms with Gasteiger partial charge in [0.05, 0.1) is 11.9 Å². The standard InChI is InChI=1S/C20H16BrNO2/c1-13-3-9-18(19(21)11-13)20-10-8-17(24-20)12-22-16-6-4-15(5-7-16)14(2)23/h3-12H,1-2H3. The van der Waals surface area contributed by atoms with E-state index in [1.165, 1.54) is 5.56 Å². The summed E-state index contributed by atoms with van der Waals surface area (Å²) >= 11 is 3.57. The quantitative estimate of drug-likeness (QED) is 0.412. The third-order valence-electron chi connectivity index (χ3n) is 3.63. The number of nitrogens with zero attached hydrogens (tertiary/aromatic N) is 1. The third-order valence-corrected chi connectivity index (χ3v) is 4.29. The summed E-state index contributed by atoms with van der Waals surface area (Å²) in [6.07, 6.45) is 1.67. The van der Waals surface area contributed by atoms with Crippen LogP contribution in [0.15, 0.2) is 68.5 Å². The summed E-state index contributed by atoms with van der Waals surface area (Å²) in [7, 11) is 0. The van der Waals surface area contributed by atoms with Crippen molar-refractivity contribution in [1.29, 1.82) is 0 Å². The first-order valence-electron chi connectivity index (χ1n) is 7.54. The Hall–Kier alpha value is -2.46. The van der Waals surface area contributed by atoms with Gasteiger partial charge >= 0.3 is 0 Å². The summed E-state index contributed by atoms with van der Waals surface area (Å²) in [5.74, 6) is 1.51. The van der Waals surface area contributed by atoms with E-state index < -0.39 is 0 Å². The van der Waals surface area contributed by atoms with E-state index >= 15 is 0 Å². The minimum Gasteiger partial charge on any atom is -0.455 e. The van der Waals surface area contributed by atoms with Crippen LogP contribution in [0.3, 0.4) is 0 Å². The van der Waals surface area contributed by atoms with Gasteiger partial charge in [-0.3, -0.25) is 9.79 Å². The average Bonchev–Trinajstić information content (AvgIpc) is 3.02. The molecule has 0 aliphatic rings. The average molecular weight is 382 g/mol. The SMILES string of the molecule is CC(=O)c1ccc(N=Cc2ccc(-c3ccc(C)cc3Br)o2)cc1. The van der Waals surface area contributed by atoms with E-state index in [-0.39, 0.29) is 5.78 Å². The Bertz CT molecular complexity index is 908. The molecule has 0 saturated heterocycles. The molecule has 1 heterocycles. The van der Waals surface area contributed by atoms with Crippen molar-refractivity contribution in [2.24, 2.45) is 4.99 Å². The fraction of sp³-hybridized carbons (Fsp3) is 0.100. The van der Waals surface area contributed by atoms with E-state index in [0.29, 0.717) is 11.3 Å². The summed E-state index contributed by atoms with van der Waals surface area (Å²) < 4.78 is 6.84. The normalized spacial score (nSPS) is 11.1. The van der Waals surface area contributed by atoms with Crippen molar-refractivity contribution in [3.05, 3.63) is 76.0 Å². The molecular formula is C20H16BrNO2. The van der Waals surface area contributed by atoms with Gasteiger partial charge in [-0.25, -0.2) is 0 Å². The van der Waals surface area contributed by atoms with Gasteiger partial charge in [-0.15, -0.1) is 0 Å². The molecule has 0 aliphatic carbocycles. The molecule has 4 heteroatoms. The number of halogens is 1. The maximum atomic E-state index is 11.3. The van der Waals surface area contributed by atoms with Gasteiger partial charge in [0.1, 0.15) is 11.5 Å². The molecule has 0 saturated carbocycles. The zero-order chi connectivity index (χ0) is 17.1. The largest absolute Gasteiger partial charge is 0.455 e. The Morgan fingerprint density at radius 1 is 1.08 bits per heavy atom. The van der Waals surface area contributed by atoms with E-state index in [9.17, 15) is 4.79 Å². The smallest absolute Gasteiger partial charge is 0.159 e. The molecule has 0 amide bonds. The minimum absolute atomic E-state index is 0.0462. The van der Waals surface area contributed by atoms with Crippen LogP contribution in [0.1, 0.15) is 28.6 Å². The highest BCUT2D eigenvalue weighted by molar-refractivity contribution is 9.10. The molecule has 0 radical (unpaired) electrons. The van der Waals surface area contributed by atoms with Gasteiger partial charge in [-0.05, 0) is 67.9 Å². The Balaban J connectivity index is 1.79. The third kappa shape index (κ3) is 3.71. The van der Waals surface area contributed by atoms with Gasteiger partial charge in [-0.2, -0.15) is 0 Å². The van der Waals surface area contributed by atoms with Crippen LogP contribution in [0, 0.1) is 6.92 Å². The van der Waals surface area contributed by atoms with Crippen molar-refractivity contribution in [3.8, 4) is 11.3 Å². The van der Waals surface area contributed by atoms with Crippen LogP contribution in [-0.2, 0) is 0 Å². The molecule has 2 aromatic carbocycles. The van der Waals surface area contributed by atoms with Crippen LogP contribution >= 0.6 is 15.9 Å². The Morgan fingerprint density at radius 3 is 2.50 bits per heavy atom. The molecule has 0 unspecified atom stereocenters. The summed E-state index contributed by atoms with van der Waals surface area (Å²) in [4.78, 5) is 15.6. The van der Waals surface area contributed by atoms with Crippen LogP contribution in [0.5, 0.6) is 0 Å². The lowest BCUT2D eigenvalue weighted by Crippen LogP contribution is -1.89. The molecule has 0 aliphatic heterocycles. The second-order valence-electron chi connectivity index (χ2n) is 5.55. The Morgan fingerprint density at radius 2 is 1.83 bits per heavy atom. The lowest BCUT2D eigenvalue weighted by atomic mass is 10.1. The number of hydrogen-bond acceptors (Lipinski definition) is 3. The lowest BCUT2D eigenvalue weighted by molar-refractivity contribution is 0.101. The number of carbonyl (C=O) groups is 1. The van der Waals surface area contributed by atoms with Crippen molar-refractivity contribution in [3.63, 3.8) is 0 Å². The highest BCUT2D eigenvalue weighted by Crippen LogP contribution is 2.30. The first kappa shape index (κ1) is 16.4. The second-order valence-corrected chi connectivity index (χ2v) is 6.40. The fourth-order valence-corrected chi connectivity index (χ4v) is 3.00. The number of hydrogen-bond donors (Lipinski definition) is 0. The molecule has 3 aromatic rings. The number of ketones is 1. The molecule has 120 valence electrons. The maximum absolute atomic E-state index is 11.3. The molecule has 0 atom stereocenters. The van der Waals surface area contributed by atoms with Crippen LogP contribution in [0.2, 0.25) is 0 Å². The van der Waals surface area contributed by atoms with E-state index in [1.807, 2.05) is 43.3 Å². The van der Waals surface area contributed by atoms with Gasteiger partial charge < -0.3 is 4.42 Å². The topological polar surface area (TPSA) is 42.6 Å². The highest BCUT2D eigenvalue weighted by atomic mass is 79.9. The number of carbonyl (C=O) groups excluding carboxylic acids is 1. The van der Waals surface area contributed by atoms with Crippen molar-refractivity contribution >= 4 is 33.6 Å². The van der Waals surface area contributed by atoms with Crippen molar-refractivity contribution < 1.29 is 9.21 Å². The number of furan rings is 1. The van der Waals surface area contributed by atoms with Gasteiger partial charge in [0.2, 0.25) is 0 Å². The van der Waals surface area contributed by atoms with Gasteiger partial charge in [0.25, 0.3) is 0 Å². The van der Waals surface area contributed by atoms with Crippen molar-refractivity contribution in [2.45, 2.75) is 13.8 Å². The predicted octanol–water partition coefficient (Wildman–Crippen LogP) is 5.97. The summed E-state index contributed by atoms with van der Waals surface area (Å²) in [5.41, 5.74) is 3.65.